The SMILES string of the molecule is CC.COc1cc(C)ccc1N(C)C. The van der Waals surface area contributed by atoms with Crippen molar-refractivity contribution < 1.29 is 4.74 Å². The maximum Gasteiger partial charge on any atom is 0.142 e. The Labute approximate surface area is 87.5 Å². The van der Waals surface area contributed by atoms with Gasteiger partial charge in [-0.15, -0.1) is 0 Å². The predicted molar refractivity (Wildman–Crippen MR) is 63.4 cm³/mol. The van der Waals surface area contributed by atoms with Gasteiger partial charge in [-0.25, -0.2) is 0 Å². The molecule has 0 aliphatic heterocycles. The molecule has 0 aliphatic rings. The van der Waals surface area contributed by atoms with Crippen LogP contribution in [-0.2, 0) is 0 Å². The number of ether oxygens (including phenoxy) is 1. The lowest BCUT2D eigenvalue weighted by molar-refractivity contribution is 0.415. The average Bonchev–Trinajstić information content (AvgIpc) is 2.20. The number of methoxy groups -OCH3 is 1. The third kappa shape index (κ3) is 3.29. The van der Waals surface area contributed by atoms with E-state index in [4.69, 9.17) is 4.74 Å². The fourth-order valence-corrected chi connectivity index (χ4v) is 1.15. The van der Waals surface area contributed by atoms with Crippen LogP contribution in [0, 0.1) is 6.92 Å². The molecule has 80 valence electrons. The van der Waals surface area contributed by atoms with Gasteiger partial charge in [-0.2, -0.15) is 0 Å². The molecular weight excluding hydrogens is 174 g/mol. The van der Waals surface area contributed by atoms with Crippen LogP contribution >= 0.6 is 0 Å². The van der Waals surface area contributed by atoms with Crippen LogP contribution < -0.4 is 9.64 Å². The molecule has 0 atom stereocenters. The van der Waals surface area contributed by atoms with Gasteiger partial charge in [0, 0.05) is 14.1 Å². The van der Waals surface area contributed by atoms with Crippen LogP contribution in [0.1, 0.15) is 19.4 Å². The Kier molecular flexibility index (Phi) is 5.77. The minimum atomic E-state index is 0.931. The zero-order valence-corrected chi connectivity index (χ0v) is 10.1. The third-order valence-electron chi connectivity index (χ3n) is 1.82. The summed E-state index contributed by atoms with van der Waals surface area (Å²) in [5, 5.41) is 0. The molecule has 0 amide bonds. The fraction of sp³-hybridized carbons (Fsp3) is 0.500. The van der Waals surface area contributed by atoms with E-state index in [0.717, 1.165) is 11.4 Å². The second kappa shape index (κ2) is 6.30. The highest BCUT2D eigenvalue weighted by Crippen LogP contribution is 2.27. The number of hydrogen-bond donors (Lipinski definition) is 0. The largest absolute Gasteiger partial charge is 0.495 e. The molecule has 0 fully saturated rings. The molecule has 0 radical (unpaired) electrons. The van der Waals surface area contributed by atoms with Crippen molar-refractivity contribution in [3.8, 4) is 5.75 Å². The number of anilines is 1. The smallest absolute Gasteiger partial charge is 0.142 e. The van der Waals surface area contributed by atoms with E-state index in [2.05, 4.69) is 19.1 Å². The Hall–Kier alpha value is -1.18. The molecule has 0 saturated carbocycles. The molecule has 0 aromatic heterocycles. The molecule has 2 heteroatoms. The van der Waals surface area contributed by atoms with E-state index in [9.17, 15) is 0 Å². The Balaban J connectivity index is 0.000000791. The first-order chi connectivity index (χ1) is 6.65. The van der Waals surface area contributed by atoms with Crippen molar-refractivity contribution in [2.45, 2.75) is 20.8 Å². The van der Waals surface area contributed by atoms with Crippen molar-refractivity contribution in [2.75, 3.05) is 26.1 Å². The zero-order chi connectivity index (χ0) is 11.1. The average molecular weight is 195 g/mol. The van der Waals surface area contributed by atoms with E-state index in [1.165, 1.54) is 5.56 Å². The van der Waals surface area contributed by atoms with E-state index in [1.54, 1.807) is 7.11 Å². The molecule has 1 aromatic carbocycles. The quantitative estimate of drug-likeness (QED) is 0.719. The second-order valence-electron chi connectivity index (χ2n) is 3.07. The van der Waals surface area contributed by atoms with Crippen LogP contribution in [0.5, 0.6) is 5.75 Å². The summed E-state index contributed by atoms with van der Waals surface area (Å²) >= 11 is 0. The first-order valence-corrected chi connectivity index (χ1v) is 4.97. The van der Waals surface area contributed by atoms with Crippen molar-refractivity contribution in [1.29, 1.82) is 0 Å². The van der Waals surface area contributed by atoms with Gasteiger partial charge in [-0.3, -0.25) is 0 Å². The van der Waals surface area contributed by atoms with E-state index in [-0.39, 0.29) is 0 Å². The van der Waals surface area contributed by atoms with Crippen LogP contribution in [0.15, 0.2) is 18.2 Å². The van der Waals surface area contributed by atoms with Crippen molar-refractivity contribution in [3.63, 3.8) is 0 Å². The van der Waals surface area contributed by atoms with Crippen LogP contribution in [0.25, 0.3) is 0 Å². The molecule has 1 rings (SSSR count). The zero-order valence-electron chi connectivity index (χ0n) is 10.1. The molecule has 0 bridgehead atoms. The Bertz CT molecular complexity index is 269. The van der Waals surface area contributed by atoms with E-state index in [1.807, 2.05) is 38.9 Å². The molecule has 1 aromatic rings. The molecule has 2 nitrogen and oxygen atoms in total. The molecule has 0 aliphatic carbocycles. The van der Waals surface area contributed by atoms with Gasteiger partial charge in [0.2, 0.25) is 0 Å². The van der Waals surface area contributed by atoms with Crippen molar-refractivity contribution in [3.05, 3.63) is 23.8 Å². The first kappa shape index (κ1) is 12.8. The van der Waals surface area contributed by atoms with Gasteiger partial charge >= 0.3 is 0 Å². The maximum absolute atomic E-state index is 5.25. The van der Waals surface area contributed by atoms with Gasteiger partial charge in [-0.05, 0) is 24.6 Å². The topological polar surface area (TPSA) is 12.5 Å². The van der Waals surface area contributed by atoms with E-state index < -0.39 is 0 Å². The van der Waals surface area contributed by atoms with Gasteiger partial charge in [0.15, 0.2) is 0 Å². The highest BCUT2D eigenvalue weighted by atomic mass is 16.5. The summed E-state index contributed by atoms with van der Waals surface area (Å²) in [5.74, 6) is 0.931. The van der Waals surface area contributed by atoms with E-state index in [0.29, 0.717) is 0 Å². The summed E-state index contributed by atoms with van der Waals surface area (Å²) < 4.78 is 5.25. The lowest BCUT2D eigenvalue weighted by Crippen LogP contribution is -2.09. The number of hydrogen-bond acceptors (Lipinski definition) is 2. The number of nitrogens with zero attached hydrogens (tertiary/aromatic N) is 1. The summed E-state index contributed by atoms with van der Waals surface area (Å²) in [6.45, 7) is 6.06. The summed E-state index contributed by atoms with van der Waals surface area (Å²) in [6.07, 6.45) is 0. The van der Waals surface area contributed by atoms with Gasteiger partial charge in [0.1, 0.15) is 5.75 Å². The molecule has 0 N–H and O–H groups in total. The molecule has 14 heavy (non-hydrogen) atoms. The van der Waals surface area contributed by atoms with Gasteiger partial charge < -0.3 is 9.64 Å². The Morgan fingerprint density at radius 3 is 2.14 bits per heavy atom. The van der Waals surface area contributed by atoms with Crippen LogP contribution in [0.4, 0.5) is 5.69 Å². The van der Waals surface area contributed by atoms with Crippen molar-refractivity contribution >= 4 is 5.69 Å². The Morgan fingerprint density at radius 1 is 1.14 bits per heavy atom. The summed E-state index contributed by atoms with van der Waals surface area (Å²) in [7, 11) is 5.71. The number of aryl methyl sites for hydroxylation is 1. The molecule has 0 heterocycles. The fourth-order valence-electron chi connectivity index (χ4n) is 1.15. The minimum absolute atomic E-state index is 0.931. The van der Waals surface area contributed by atoms with Gasteiger partial charge in [-0.1, -0.05) is 19.9 Å². The maximum atomic E-state index is 5.25. The monoisotopic (exact) mass is 195 g/mol. The van der Waals surface area contributed by atoms with Crippen LogP contribution in [0.2, 0.25) is 0 Å². The Morgan fingerprint density at radius 2 is 1.71 bits per heavy atom. The van der Waals surface area contributed by atoms with Crippen LogP contribution in [0.3, 0.4) is 0 Å². The molecule has 0 spiro atoms. The lowest BCUT2D eigenvalue weighted by atomic mass is 10.2. The van der Waals surface area contributed by atoms with Crippen molar-refractivity contribution in [2.24, 2.45) is 0 Å². The lowest BCUT2D eigenvalue weighted by Gasteiger charge is -2.16. The second-order valence-corrected chi connectivity index (χ2v) is 3.07. The number of rotatable bonds is 2. The first-order valence-electron chi connectivity index (χ1n) is 4.97. The highest BCUT2D eigenvalue weighted by molar-refractivity contribution is 5.58. The normalized spacial score (nSPS) is 8.71. The van der Waals surface area contributed by atoms with E-state index >= 15 is 0 Å². The molecule has 0 unspecified atom stereocenters. The minimum Gasteiger partial charge on any atom is -0.495 e. The van der Waals surface area contributed by atoms with Gasteiger partial charge in [0.25, 0.3) is 0 Å². The molecular formula is C12H21NO. The van der Waals surface area contributed by atoms with Crippen molar-refractivity contribution in [1.82, 2.24) is 0 Å². The highest BCUT2D eigenvalue weighted by Gasteiger charge is 2.03. The summed E-state index contributed by atoms with van der Waals surface area (Å²) in [6, 6.07) is 6.18. The van der Waals surface area contributed by atoms with Crippen LogP contribution in [-0.4, -0.2) is 21.2 Å². The summed E-state index contributed by atoms with van der Waals surface area (Å²) in [4.78, 5) is 2.04. The number of benzene rings is 1. The molecule has 0 saturated heterocycles. The summed E-state index contributed by atoms with van der Waals surface area (Å²) in [5.41, 5.74) is 2.33. The predicted octanol–water partition coefficient (Wildman–Crippen LogP) is 3.10. The third-order valence-corrected chi connectivity index (χ3v) is 1.82. The standard InChI is InChI=1S/C10H15NO.C2H6/c1-8-5-6-9(11(2)3)10(7-8)12-4;1-2/h5-7H,1-4H3;1-2H3. The van der Waals surface area contributed by atoms with Gasteiger partial charge in [0.05, 0.1) is 12.8 Å².